The molecule has 6 nitrogen and oxygen atoms in total. The van der Waals surface area contributed by atoms with Gasteiger partial charge >= 0.3 is 0 Å². The van der Waals surface area contributed by atoms with Crippen molar-refractivity contribution < 1.29 is 23.5 Å². The Morgan fingerprint density at radius 1 is 1.03 bits per heavy atom. The summed E-state index contributed by atoms with van der Waals surface area (Å²) in [5, 5.41) is 3.08. The Labute approximate surface area is 215 Å². The molecular weight excluding hydrogens is 471 g/mol. The Hall–Kier alpha value is -3.87. The highest BCUT2D eigenvalue weighted by atomic mass is 19.1. The summed E-state index contributed by atoms with van der Waals surface area (Å²) in [5.41, 5.74) is 4.19. The zero-order valence-electron chi connectivity index (χ0n) is 21.0. The first-order valence-electron chi connectivity index (χ1n) is 12.7. The Morgan fingerprint density at radius 2 is 1.81 bits per heavy atom. The fraction of sp³-hybridized carbons (Fsp3) is 0.333. The lowest BCUT2D eigenvalue weighted by Crippen LogP contribution is -2.37. The summed E-state index contributed by atoms with van der Waals surface area (Å²) in [4.78, 5) is 28.6. The van der Waals surface area contributed by atoms with Crippen LogP contribution in [0.15, 0.2) is 54.6 Å². The van der Waals surface area contributed by atoms with E-state index in [1.54, 1.807) is 37.3 Å². The second-order valence-corrected chi connectivity index (χ2v) is 10.4. The Bertz CT molecular complexity index is 1420. The third-order valence-electron chi connectivity index (χ3n) is 7.95. The van der Waals surface area contributed by atoms with Crippen molar-refractivity contribution in [1.82, 2.24) is 10.2 Å². The van der Waals surface area contributed by atoms with E-state index in [4.69, 9.17) is 9.47 Å². The molecule has 2 fully saturated rings. The standard InChI is InChI=1S/C30H29FN2O4/c1-18-5-3-6-22(26(18)20-9-10-24(31)19(2)13-20)29(35)33-15-21-14-30(21,17-33)16-32-28(34)23-7-4-8-25-27(23)37-12-11-36-25/h3-10,13,21H,11-12,14-17H2,1-2H3,(H,32,34)/t21-,30-/m1/s1. The number of para-hydroxylation sites is 1. The Balaban J connectivity index is 1.18. The van der Waals surface area contributed by atoms with Crippen LogP contribution in [0.2, 0.25) is 0 Å². The molecule has 0 radical (unpaired) electrons. The van der Waals surface area contributed by atoms with Crippen molar-refractivity contribution in [2.45, 2.75) is 20.3 Å². The second kappa shape index (κ2) is 8.91. The highest BCUT2D eigenvalue weighted by Crippen LogP contribution is 2.57. The summed E-state index contributed by atoms with van der Waals surface area (Å²) >= 11 is 0. The molecule has 6 rings (SSSR count). The van der Waals surface area contributed by atoms with Crippen LogP contribution in [-0.2, 0) is 0 Å². The van der Waals surface area contributed by atoms with Crippen molar-refractivity contribution in [3.63, 3.8) is 0 Å². The van der Waals surface area contributed by atoms with Crippen molar-refractivity contribution in [2.24, 2.45) is 11.3 Å². The van der Waals surface area contributed by atoms with Gasteiger partial charge in [-0.15, -0.1) is 0 Å². The van der Waals surface area contributed by atoms with E-state index in [0.717, 1.165) is 23.1 Å². The largest absolute Gasteiger partial charge is 0.486 e. The number of benzene rings is 3. The van der Waals surface area contributed by atoms with Gasteiger partial charge in [-0.2, -0.15) is 0 Å². The zero-order chi connectivity index (χ0) is 25.7. The molecule has 0 aromatic heterocycles. The van der Waals surface area contributed by atoms with Gasteiger partial charge in [0.15, 0.2) is 11.5 Å². The van der Waals surface area contributed by atoms with Gasteiger partial charge in [-0.05, 0) is 78.8 Å². The van der Waals surface area contributed by atoms with E-state index in [9.17, 15) is 14.0 Å². The van der Waals surface area contributed by atoms with E-state index in [0.29, 0.717) is 67.0 Å². The number of ether oxygens (including phenoxy) is 2. The summed E-state index contributed by atoms with van der Waals surface area (Å²) in [6.07, 6.45) is 0.987. The molecule has 3 aromatic rings. The number of carbonyl (C=O) groups excluding carboxylic acids is 2. The van der Waals surface area contributed by atoms with Gasteiger partial charge in [-0.3, -0.25) is 9.59 Å². The van der Waals surface area contributed by atoms with Crippen molar-refractivity contribution >= 4 is 11.8 Å². The van der Waals surface area contributed by atoms with Gasteiger partial charge in [-0.25, -0.2) is 4.39 Å². The molecule has 2 amide bonds. The van der Waals surface area contributed by atoms with Crippen molar-refractivity contribution in [3.05, 3.63) is 82.7 Å². The molecule has 1 saturated carbocycles. The van der Waals surface area contributed by atoms with Gasteiger partial charge in [0.05, 0.1) is 5.56 Å². The monoisotopic (exact) mass is 500 g/mol. The molecule has 2 aliphatic heterocycles. The Kier molecular flexibility index (Phi) is 5.66. The molecule has 1 aliphatic carbocycles. The molecule has 0 spiro atoms. The number of nitrogens with zero attached hydrogens (tertiary/aromatic N) is 1. The van der Waals surface area contributed by atoms with Crippen LogP contribution in [0.5, 0.6) is 11.5 Å². The van der Waals surface area contributed by atoms with E-state index < -0.39 is 0 Å². The first-order valence-corrected chi connectivity index (χ1v) is 12.7. The summed E-state index contributed by atoms with van der Waals surface area (Å²) in [5.74, 6) is 0.957. The SMILES string of the molecule is Cc1cc(-c2c(C)cccc2C(=O)N2C[C@H]3C[C@@]3(CNC(=O)c3cccc4c3OCCO4)C2)ccc1F. The van der Waals surface area contributed by atoms with Gasteiger partial charge in [0.1, 0.15) is 19.0 Å². The van der Waals surface area contributed by atoms with Crippen LogP contribution < -0.4 is 14.8 Å². The van der Waals surface area contributed by atoms with Gasteiger partial charge in [-0.1, -0.05) is 24.3 Å². The van der Waals surface area contributed by atoms with Crippen LogP contribution in [-0.4, -0.2) is 49.6 Å². The van der Waals surface area contributed by atoms with Crippen molar-refractivity contribution in [1.29, 1.82) is 0 Å². The van der Waals surface area contributed by atoms with Crippen LogP contribution in [0.4, 0.5) is 4.39 Å². The summed E-state index contributed by atoms with van der Waals surface area (Å²) in [6.45, 7) is 6.36. The lowest BCUT2D eigenvalue weighted by molar-refractivity contribution is 0.0764. The highest BCUT2D eigenvalue weighted by Gasteiger charge is 2.60. The summed E-state index contributed by atoms with van der Waals surface area (Å²) in [7, 11) is 0. The van der Waals surface area contributed by atoms with E-state index >= 15 is 0 Å². The lowest BCUT2D eigenvalue weighted by Gasteiger charge is -2.24. The van der Waals surface area contributed by atoms with E-state index in [2.05, 4.69) is 5.32 Å². The van der Waals surface area contributed by atoms with E-state index in [-0.39, 0.29) is 23.0 Å². The molecule has 3 aromatic carbocycles. The minimum absolute atomic E-state index is 0.0266. The molecule has 2 atom stereocenters. The van der Waals surface area contributed by atoms with Gasteiger partial charge in [0, 0.05) is 30.6 Å². The maximum atomic E-state index is 13.9. The third-order valence-corrected chi connectivity index (χ3v) is 7.95. The first-order chi connectivity index (χ1) is 17.9. The fourth-order valence-corrected chi connectivity index (χ4v) is 5.83. The van der Waals surface area contributed by atoms with Crippen LogP contribution in [0.25, 0.3) is 11.1 Å². The van der Waals surface area contributed by atoms with Gasteiger partial charge < -0.3 is 19.7 Å². The molecule has 37 heavy (non-hydrogen) atoms. The molecule has 2 heterocycles. The summed E-state index contributed by atoms with van der Waals surface area (Å²) in [6, 6.07) is 16.0. The van der Waals surface area contributed by atoms with Crippen LogP contribution in [0, 0.1) is 31.0 Å². The lowest BCUT2D eigenvalue weighted by atomic mass is 9.93. The number of rotatable bonds is 5. The number of halogens is 1. The molecule has 1 saturated heterocycles. The Morgan fingerprint density at radius 3 is 2.65 bits per heavy atom. The smallest absolute Gasteiger partial charge is 0.255 e. The number of hydrogen-bond donors (Lipinski definition) is 1. The summed E-state index contributed by atoms with van der Waals surface area (Å²) < 4.78 is 25.2. The zero-order valence-corrected chi connectivity index (χ0v) is 21.0. The highest BCUT2D eigenvalue weighted by molar-refractivity contribution is 6.02. The maximum Gasteiger partial charge on any atom is 0.255 e. The predicted molar refractivity (Wildman–Crippen MR) is 138 cm³/mol. The molecular formula is C30H29FN2O4. The number of amides is 2. The van der Waals surface area contributed by atoms with E-state index in [1.807, 2.05) is 30.0 Å². The second-order valence-electron chi connectivity index (χ2n) is 10.4. The molecule has 3 aliphatic rings. The van der Waals surface area contributed by atoms with Gasteiger partial charge in [0.2, 0.25) is 0 Å². The van der Waals surface area contributed by atoms with E-state index in [1.165, 1.54) is 6.07 Å². The van der Waals surface area contributed by atoms with Crippen molar-refractivity contribution in [3.8, 4) is 22.6 Å². The number of hydrogen-bond acceptors (Lipinski definition) is 4. The van der Waals surface area contributed by atoms with Crippen LogP contribution in [0.1, 0.15) is 38.3 Å². The predicted octanol–water partition coefficient (Wildman–Crippen LogP) is 4.77. The van der Waals surface area contributed by atoms with Crippen molar-refractivity contribution in [2.75, 3.05) is 32.8 Å². The van der Waals surface area contributed by atoms with Gasteiger partial charge in [0.25, 0.3) is 11.8 Å². The van der Waals surface area contributed by atoms with Crippen LogP contribution >= 0.6 is 0 Å². The number of fused-ring (bicyclic) bond motifs is 2. The maximum absolute atomic E-state index is 13.9. The minimum atomic E-state index is -0.260. The van der Waals surface area contributed by atoms with Crippen LogP contribution in [0.3, 0.4) is 0 Å². The average Bonchev–Trinajstić information content (AvgIpc) is 3.47. The molecule has 7 heteroatoms. The number of nitrogens with one attached hydrogen (secondary N) is 1. The topological polar surface area (TPSA) is 67.9 Å². The third kappa shape index (κ3) is 4.12. The number of piperidine rings is 1. The first kappa shape index (κ1) is 23.5. The molecule has 0 bridgehead atoms. The molecule has 0 unspecified atom stereocenters. The number of aryl methyl sites for hydroxylation is 2. The normalized spacial score (nSPS) is 21.4. The molecule has 190 valence electrons. The average molecular weight is 501 g/mol. The minimum Gasteiger partial charge on any atom is -0.486 e. The molecule has 1 N–H and O–H groups in total. The fourth-order valence-electron chi connectivity index (χ4n) is 5.83. The quantitative estimate of drug-likeness (QED) is 0.548. The number of carbonyl (C=O) groups is 2. The number of likely N-dealkylation sites (tertiary alicyclic amines) is 1.